The lowest BCUT2D eigenvalue weighted by Crippen LogP contribution is -2.13. The van der Waals surface area contributed by atoms with Crippen LogP contribution in [0.15, 0.2) is 29.9 Å². The van der Waals surface area contributed by atoms with Gasteiger partial charge in [-0.15, -0.1) is 11.3 Å². The number of primary amides is 1. The number of nitrogens with zero attached hydrogens (tertiary/aromatic N) is 1. The summed E-state index contributed by atoms with van der Waals surface area (Å²) in [6, 6.07) is 4.80. The average Bonchev–Trinajstić information content (AvgIpc) is 2.80. The highest BCUT2D eigenvalue weighted by Gasteiger charge is 2.10. The third kappa shape index (κ3) is 2.73. The molecule has 5 nitrogen and oxygen atoms in total. The van der Waals surface area contributed by atoms with Crippen LogP contribution in [0.3, 0.4) is 0 Å². The van der Waals surface area contributed by atoms with Crippen molar-refractivity contribution in [1.82, 2.24) is 4.98 Å². The van der Waals surface area contributed by atoms with Gasteiger partial charge in [0, 0.05) is 11.9 Å². The third-order valence-corrected chi connectivity index (χ3v) is 2.88. The minimum atomic E-state index is -0.559. The number of ether oxygens (including phenoxy) is 1. The lowest BCUT2D eigenvalue weighted by Gasteiger charge is -2.09. The molecule has 0 atom stereocenters. The lowest BCUT2D eigenvalue weighted by molar-refractivity contribution is 0.0996. The molecule has 1 aromatic carbocycles. The topological polar surface area (TPSA) is 91.2 Å². The lowest BCUT2D eigenvalue weighted by atomic mass is 10.1. The monoisotopic (exact) mass is 249 g/mol. The summed E-state index contributed by atoms with van der Waals surface area (Å²) in [6.45, 7) is 0.356. The van der Waals surface area contributed by atoms with E-state index in [-0.39, 0.29) is 5.56 Å². The second-order valence-electron chi connectivity index (χ2n) is 3.38. The number of thiazole rings is 1. The second kappa shape index (κ2) is 4.84. The van der Waals surface area contributed by atoms with Gasteiger partial charge in [0.15, 0.2) is 0 Å². The van der Waals surface area contributed by atoms with Crippen molar-refractivity contribution in [2.45, 2.75) is 6.61 Å². The first-order valence-electron chi connectivity index (χ1n) is 4.86. The summed E-state index contributed by atoms with van der Waals surface area (Å²) < 4.78 is 5.51. The van der Waals surface area contributed by atoms with Crippen molar-refractivity contribution in [3.05, 3.63) is 40.3 Å². The summed E-state index contributed by atoms with van der Waals surface area (Å²) in [5.74, 6) is -0.128. The standard InChI is InChI=1S/C11H11N3O2S/c12-7-1-2-10(9(3-7)11(13)15)16-5-8-4-14-6-17-8/h1-4,6H,5,12H2,(H2,13,15). The molecule has 2 aromatic rings. The number of nitrogen functional groups attached to an aromatic ring is 1. The summed E-state index contributed by atoms with van der Waals surface area (Å²) in [5, 5.41) is 0. The fourth-order valence-electron chi connectivity index (χ4n) is 1.33. The molecule has 6 heteroatoms. The van der Waals surface area contributed by atoms with E-state index >= 15 is 0 Å². The number of carbonyl (C=O) groups is 1. The maximum atomic E-state index is 11.2. The molecule has 1 amide bonds. The van der Waals surface area contributed by atoms with Crippen LogP contribution in [0.2, 0.25) is 0 Å². The van der Waals surface area contributed by atoms with E-state index in [1.54, 1.807) is 23.8 Å². The van der Waals surface area contributed by atoms with E-state index in [0.29, 0.717) is 18.0 Å². The number of aromatic nitrogens is 1. The summed E-state index contributed by atoms with van der Waals surface area (Å²) in [6.07, 6.45) is 1.71. The van der Waals surface area contributed by atoms with E-state index in [1.807, 2.05) is 0 Å². The Morgan fingerprint density at radius 3 is 2.94 bits per heavy atom. The van der Waals surface area contributed by atoms with E-state index < -0.39 is 5.91 Å². The molecule has 1 heterocycles. The molecule has 0 saturated heterocycles. The van der Waals surface area contributed by atoms with Gasteiger partial charge >= 0.3 is 0 Å². The van der Waals surface area contributed by atoms with E-state index in [2.05, 4.69) is 4.98 Å². The number of nitrogens with two attached hydrogens (primary N) is 2. The molecule has 0 spiro atoms. The number of anilines is 1. The fourth-order valence-corrected chi connectivity index (χ4v) is 1.83. The number of hydrogen-bond acceptors (Lipinski definition) is 5. The van der Waals surface area contributed by atoms with Gasteiger partial charge in [-0.2, -0.15) is 0 Å². The van der Waals surface area contributed by atoms with Gasteiger partial charge in [-0.1, -0.05) is 0 Å². The van der Waals surface area contributed by atoms with Crippen molar-refractivity contribution in [3.8, 4) is 5.75 Å². The minimum absolute atomic E-state index is 0.287. The molecule has 0 unspecified atom stereocenters. The molecule has 2 rings (SSSR count). The summed E-state index contributed by atoms with van der Waals surface area (Å²) in [4.78, 5) is 16.1. The highest BCUT2D eigenvalue weighted by atomic mass is 32.1. The first-order valence-corrected chi connectivity index (χ1v) is 5.74. The summed E-state index contributed by atoms with van der Waals surface area (Å²) in [5.41, 5.74) is 13.3. The van der Waals surface area contributed by atoms with Crippen molar-refractivity contribution >= 4 is 22.9 Å². The Balaban J connectivity index is 2.17. The van der Waals surface area contributed by atoms with Crippen molar-refractivity contribution in [2.75, 3.05) is 5.73 Å². The molecule has 4 N–H and O–H groups in total. The number of benzene rings is 1. The van der Waals surface area contributed by atoms with E-state index in [1.165, 1.54) is 17.4 Å². The zero-order valence-electron chi connectivity index (χ0n) is 8.92. The molecule has 0 aliphatic carbocycles. The molecule has 0 fully saturated rings. The van der Waals surface area contributed by atoms with Crippen LogP contribution in [-0.4, -0.2) is 10.9 Å². The Labute approximate surface area is 102 Å². The highest BCUT2D eigenvalue weighted by molar-refractivity contribution is 7.09. The van der Waals surface area contributed by atoms with Crippen molar-refractivity contribution < 1.29 is 9.53 Å². The zero-order valence-corrected chi connectivity index (χ0v) is 9.74. The fraction of sp³-hybridized carbons (Fsp3) is 0.0909. The first kappa shape index (κ1) is 11.4. The van der Waals surface area contributed by atoms with Crippen LogP contribution in [0.1, 0.15) is 15.2 Å². The van der Waals surface area contributed by atoms with Gasteiger partial charge in [-0.05, 0) is 18.2 Å². The van der Waals surface area contributed by atoms with E-state index in [0.717, 1.165) is 4.88 Å². The first-order chi connectivity index (χ1) is 8.16. The second-order valence-corrected chi connectivity index (χ2v) is 4.35. The number of carbonyl (C=O) groups excluding carboxylic acids is 1. The van der Waals surface area contributed by atoms with Crippen molar-refractivity contribution in [1.29, 1.82) is 0 Å². The largest absolute Gasteiger partial charge is 0.487 e. The summed E-state index contributed by atoms with van der Waals surface area (Å²) >= 11 is 1.48. The zero-order chi connectivity index (χ0) is 12.3. The van der Waals surface area contributed by atoms with Crippen molar-refractivity contribution in [3.63, 3.8) is 0 Å². The van der Waals surface area contributed by atoms with Crippen LogP contribution < -0.4 is 16.2 Å². The third-order valence-electron chi connectivity index (χ3n) is 2.12. The molecule has 88 valence electrons. The molecule has 0 saturated carbocycles. The number of hydrogen-bond donors (Lipinski definition) is 2. The molecular formula is C11H11N3O2S. The van der Waals surface area contributed by atoms with Crippen LogP contribution in [0.4, 0.5) is 5.69 Å². The Bertz CT molecular complexity index is 526. The Kier molecular flexibility index (Phi) is 3.24. The Hall–Kier alpha value is -2.08. The predicted octanol–water partition coefficient (Wildman–Crippen LogP) is 1.40. The molecule has 0 aliphatic rings. The minimum Gasteiger partial charge on any atom is -0.487 e. The number of amides is 1. The molecule has 0 bridgehead atoms. The smallest absolute Gasteiger partial charge is 0.252 e. The maximum Gasteiger partial charge on any atom is 0.252 e. The van der Waals surface area contributed by atoms with Gasteiger partial charge in [0.1, 0.15) is 12.4 Å². The molecule has 1 aromatic heterocycles. The van der Waals surface area contributed by atoms with Gasteiger partial charge < -0.3 is 16.2 Å². The van der Waals surface area contributed by atoms with Crippen LogP contribution in [0.25, 0.3) is 0 Å². The molecule has 17 heavy (non-hydrogen) atoms. The molecule has 0 aliphatic heterocycles. The highest BCUT2D eigenvalue weighted by Crippen LogP contribution is 2.22. The molecular weight excluding hydrogens is 238 g/mol. The van der Waals surface area contributed by atoms with Gasteiger partial charge in [-0.25, -0.2) is 0 Å². The van der Waals surface area contributed by atoms with Gasteiger partial charge in [0.05, 0.1) is 16.0 Å². The summed E-state index contributed by atoms with van der Waals surface area (Å²) in [7, 11) is 0. The van der Waals surface area contributed by atoms with Crippen LogP contribution in [0.5, 0.6) is 5.75 Å². The Morgan fingerprint density at radius 2 is 2.29 bits per heavy atom. The van der Waals surface area contributed by atoms with E-state index in [4.69, 9.17) is 16.2 Å². The average molecular weight is 249 g/mol. The van der Waals surface area contributed by atoms with E-state index in [9.17, 15) is 4.79 Å². The van der Waals surface area contributed by atoms with Gasteiger partial charge in [0.2, 0.25) is 0 Å². The van der Waals surface area contributed by atoms with Gasteiger partial charge in [-0.3, -0.25) is 9.78 Å². The van der Waals surface area contributed by atoms with Crippen LogP contribution >= 0.6 is 11.3 Å². The number of rotatable bonds is 4. The van der Waals surface area contributed by atoms with Gasteiger partial charge in [0.25, 0.3) is 5.91 Å². The van der Waals surface area contributed by atoms with Crippen molar-refractivity contribution in [2.24, 2.45) is 5.73 Å². The van der Waals surface area contributed by atoms with Crippen LogP contribution in [-0.2, 0) is 6.61 Å². The molecule has 0 radical (unpaired) electrons. The Morgan fingerprint density at radius 1 is 1.47 bits per heavy atom. The predicted molar refractivity (Wildman–Crippen MR) is 65.8 cm³/mol. The maximum absolute atomic E-state index is 11.2. The normalized spacial score (nSPS) is 10.1. The SMILES string of the molecule is NC(=O)c1cc(N)ccc1OCc1cncs1. The quantitative estimate of drug-likeness (QED) is 0.801. The van der Waals surface area contributed by atoms with Crippen LogP contribution in [0, 0.1) is 0 Å².